The van der Waals surface area contributed by atoms with Gasteiger partial charge in [0.15, 0.2) is 11.5 Å². The molecule has 0 fully saturated rings. The van der Waals surface area contributed by atoms with Crippen LogP contribution in [0.15, 0.2) is 28.9 Å². The lowest BCUT2D eigenvalue weighted by Gasteiger charge is -2.14. The molecule has 1 atom stereocenters. The maximum atomic E-state index is 12.1. The van der Waals surface area contributed by atoms with E-state index in [1.165, 1.54) is 12.8 Å². The smallest absolute Gasteiger partial charge is 0.271 e. The van der Waals surface area contributed by atoms with Crippen molar-refractivity contribution in [3.05, 3.63) is 30.2 Å². The standard InChI is InChI=1S/C16H23N3O2/c1-3-5-7-12(4-2)11-17-16(20)14-10-13(18-19-14)15-8-6-9-21-15/h6,8-10,12H,3-5,7,11H2,1-2H3,(H,17,20)(H,18,19). The van der Waals surface area contributed by atoms with E-state index in [4.69, 9.17) is 4.42 Å². The Morgan fingerprint density at radius 2 is 2.33 bits per heavy atom. The zero-order valence-corrected chi connectivity index (χ0v) is 12.7. The topological polar surface area (TPSA) is 70.9 Å². The lowest BCUT2D eigenvalue weighted by Crippen LogP contribution is -2.29. The number of carbonyl (C=O) groups excluding carboxylic acids is 1. The molecule has 1 unspecified atom stereocenters. The van der Waals surface area contributed by atoms with Gasteiger partial charge in [0, 0.05) is 12.6 Å². The predicted octanol–water partition coefficient (Wildman–Crippen LogP) is 3.62. The molecule has 2 aromatic rings. The normalized spacial score (nSPS) is 12.3. The first-order valence-electron chi connectivity index (χ1n) is 7.62. The van der Waals surface area contributed by atoms with E-state index in [1.807, 2.05) is 6.07 Å². The fourth-order valence-electron chi connectivity index (χ4n) is 2.27. The van der Waals surface area contributed by atoms with Crippen LogP contribution in [0.4, 0.5) is 0 Å². The monoisotopic (exact) mass is 289 g/mol. The highest BCUT2D eigenvalue weighted by Crippen LogP contribution is 2.18. The summed E-state index contributed by atoms with van der Waals surface area (Å²) in [6, 6.07) is 5.34. The zero-order valence-electron chi connectivity index (χ0n) is 12.7. The molecule has 0 aromatic carbocycles. The molecular formula is C16H23N3O2. The molecule has 5 heteroatoms. The first-order chi connectivity index (χ1) is 10.2. The summed E-state index contributed by atoms with van der Waals surface area (Å²) >= 11 is 0. The second kappa shape index (κ2) is 7.67. The van der Waals surface area contributed by atoms with E-state index in [0.29, 0.717) is 29.6 Å². The van der Waals surface area contributed by atoms with E-state index in [0.717, 1.165) is 12.8 Å². The van der Waals surface area contributed by atoms with E-state index in [-0.39, 0.29) is 5.91 Å². The number of hydrogen-bond donors (Lipinski definition) is 2. The van der Waals surface area contributed by atoms with Crippen LogP contribution in [-0.4, -0.2) is 22.6 Å². The molecule has 5 nitrogen and oxygen atoms in total. The van der Waals surface area contributed by atoms with Crippen molar-refractivity contribution in [1.82, 2.24) is 15.5 Å². The Labute approximate surface area is 125 Å². The molecule has 0 bridgehead atoms. The summed E-state index contributed by atoms with van der Waals surface area (Å²) in [5, 5.41) is 9.83. The van der Waals surface area contributed by atoms with Gasteiger partial charge in [0.2, 0.25) is 0 Å². The van der Waals surface area contributed by atoms with E-state index >= 15 is 0 Å². The van der Waals surface area contributed by atoms with Gasteiger partial charge in [-0.2, -0.15) is 5.10 Å². The third kappa shape index (κ3) is 4.21. The van der Waals surface area contributed by atoms with Crippen molar-refractivity contribution in [1.29, 1.82) is 0 Å². The number of carbonyl (C=O) groups is 1. The van der Waals surface area contributed by atoms with E-state index < -0.39 is 0 Å². The van der Waals surface area contributed by atoms with Crippen LogP contribution in [0.1, 0.15) is 50.0 Å². The molecule has 114 valence electrons. The van der Waals surface area contributed by atoms with Crippen LogP contribution in [0, 0.1) is 5.92 Å². The van der Waals surface area contributed by atoms with Gasteiger partial charge in [-0.15, -0.1) is 0 Å². The number of H-pyrrole nitrogens is 1. The Hall–Kier alpha value is -2.04. The number of furan rings is 1. The van der Waals surface area contributed by atoms with Crippen LogP contribution in [0.25, 0.3) is 11.5 Å². The minimum absolute atomic E-state index is 0.140. The Morgan fingerprint density at radius 1 is 1.48 bits per heavy atom. The highest BCUT2D eigenvalue weighted by molar-refractivity contribution is 5.93. The fraction of sp³-hybridized carbons (Fsp3) is 0.500. The molecule has 0 saturated heterocycles. The summed E-state index contributed by atoms with van der Waals surface area (Å²) in [5.41, 5.74) is 1.11. The minimum Gasteiger partial charge on any atom is -0.463 e. The summed E-state index contributed by atoms with van der Waals surface area (Å²) in [4.78, 5) is 12.1. The molecule has 0 aliphatic heterocycles. The highest BCUT2D eigenvalue weighted by atomic mass is 16.3. The summed E-state index contributed by atoms with van der Waals surface area (Å²) in [6.07, 6.45) is 6.23. The molecule has 2 rings (SSSR count). The van der Waals surface area contributed by atoms with Crippen LogP contribution in [-0.2, 0) is 0 Å². The van der Waals surface area contributed by atoms with Crippen molar-refractivity contribution in [3.63, 3.8) is 0 Å². The van der Waals surface area contributed by atoms with Crippen molar-refractivity contribution in [3.8, 4) is 11.5 Å². The molecule has 2 heterocycles. The second-order valence-electron chi connectivity index (χ2n) is 5.27. The molecule has 0 radical (unpaired) electrons. The van der Waals surface area contributed by atoms with Crippen LogP contribution in [0.3, 0.4) is 0 Å². The Kier molecular flexibility index (Phi) is 5.60. The first kappa shape index (κ1) is 15.4. The van der Waals surface area contributed by atoms with Crippen LogP contribution in [0.5, 0.6) is 0 Å². The quantitative estimate of drug-likeness (QED) is 0.779. The van der Waals surface area contributed by atoms with Crippen molar-refractivity contribution >= 4 is 5.91 Å². The largest absolute Gasteiger partial charge is 0.463 e. The molecule has 0 spiro atoms. The summed E-state index contributed by atoms with van der Waals surface area (Å²) < 4.78 is 5.27. The molecule has 2 aromatic heterocycles. The Balaban J connectivity index is 1.88. The van der Waals surface area contributed by atoms with Crippen molar-refractivity contribution in [2.45, 2.75) is 39.5 Å². The summed E-state index contributed by atoms with van der Waals surface area (Å²) in [7, 11) is 0. The van der Waals surface area contributed by atoms with E-state index in [1.54, 1.807) is 18.4 Å². The fourth-order valence-corrected chi connectivity index (χ4v) is 2.27. The lowest BCUT2D eigenvalue weighted by molar-refractivity contribution is 0.0941. The summed E-state index contributed by atoms with van der Waals surface area (Å²) in [5.74, 6) is 1.08. The number of amides is 1. The lowest BCUT2D eigenvalue weighted by atomic mass is 9.99. The van der Waals surface area contributed by atoms with Gasteiger partial charge in [-0.25, -0.2) is 0 Å². The van der Waals surface area contributed by atoms with Gasteiger partial charge in [0.1, 0.15) is 5.69 Å². The van der Waals surface area contributed by atoms with Gasteiger partial charge in [-0.3, -0.25) is 9.89 Å². The predicted molar refractivity (Wildman–Crippen MR) is 81.9 cm³/mol. The number of rotatable bonds is 8. The van der Waals surface area contributed by atoms with Crippen molar-refractivity contribution < 1.29 is 9.21 Å². The molecule has 0 saturated carbocycles. The van der Waals surface area contributed by atoms with Crippen LogP contribution < -0.4 is 5.32 Å². The van der Waals surface area contributed by atoms with Crippen molar-refractivity contribution in [2.24, 2.45) is 5.92 Å². The number of aromatic nitrogens is 2. The third-order valence-corrected chi connectivity index (χ3v) is 3.69. The molecule has 2 N–H and O–H groups in total. The van der Waals surface area contributed by atoms with E-state index in [9.17, 15) is 4.79 Å². The summed E-state index contributed by atoms with van der Waals surface area (Å²) in [6.45, 7) is 5.06. The highest BCUT2D eigenvalue weighted by Gasteiger charge is 2.14. The minimum atomic E-state index is -0.140. The maximum Gasteiger partial charge on any atom is 0.271 e. The van der Waals surface area contributed by atoms with Crippen molar-refractivity contribution in [2.75, 3.05) is 6.54 Å². The Morgan fingerprint density at radius 3 is 3.00 bits per heavy atom. The van der Waals surface area contributed by atoms with Gasteiger partial charge in [0.25, 0.3) is 5.91 Å². The number of unbranched alkanes of at least 4 members (excludes halogenated alkanes) is 1. The average Bonchev–Trinajstić information content (AvgIpc) is 3.17. The average molecular weight is 289 g/mol. The number of nitrogens with zero attached hydrogens (tertiary/aromatic N) is 1. The van der Waals surface area contributed by atoms with Gasteiger partial charge < -0.3 is 9.73 Å². The molecule has 0 aliphatic rings. The maximum absolute atomic E-state index is 12.1. The SMILES string of the molecule is CCCCC(CC)CNC(=O)c1cc(-c2ccco2)[nH]n1. The van der Waals surface area contributed by atoms with Gasteiger partial charge in [-0.05, 0) is 24.5 Å². The molecule has 21 heavy (non-hydrogen) atoms. The zero-order chi connectivity index (χ0) is 15.1. The van der Waals surface area contributed by atoms with Gasteiger partial charge in [-0.1, -0.05) is 33.1 Å². The third-order valence-electron chi connectivity index (χ3n) is 3.69. The van der Waals surface area contributed by atoms with Crippen LogP contribution >= 0.6 is 0 Å². The molecule has 1 amide bonds. The van der Waals surface area contributed by atoms with Gasteiger partial charge >= 0.3 is 0 Å². The number of hydrogen-bond acceptors (Lipinski definition) is 3. The Bertz CT molecular complexity index is 546. The molecule has 0 aliphatic carbocycles. The van der Waals surface area contributed by atoms with Gasteiger partial charge in [0.05, 0.1) is 6.26 Å². The molecular weight excluding hydrogens is 266 g/mol. The number of nitrogens with one attached hydrogen (secondary N) is 2. The number of aromatic amines is 1. The van der Waals surface area contributed by atoms with E-state index in [2.05, 4.69) is 29.4 Å². The van der Waals surface area contributed by atoms with Crippen LogP contribution in [0.2, 0.25) is 0 Å². The first-order valence-corrected chi connectivity index (χ1v) is 7.62. The second-order valence-corrected chi connectivity index (χ2v) is 5.27.